The fraction of sp³-hybridized carbons (Fsp3) is 0.667. The third-order valence-electron chi connectivity index (χ3n) is 8.21. The molecule has 166 valence electrons. The van der Waals surface area contributed by atoms with Crippen molar-refractivity contribution >= 4 is 5.91 Å². The Morgan fingerprint density at radius 1 is 0.968 bits per heavy atom. The SMILES string of the molecule is O=C(C1CCC1)N1CCCCN2[C@H](CO)[C@@H](c3ccc(C#CC4CCCC4)cc3)[C@H]2C1. The summed E-state index contributed by atoms with van der Waals surface area (Å²) in [6.07, 6.45) is 10.6. The summed E-state index contributed by atoms with van der Waals surface area (Å²) >= 11 is 0. The van der Waals surface area contributed by atoms with Crippen molar-refractivity contribution < 1.29 is 9.90 Å². The Morgan fingerprint density at radius 3 is 2.39 bits per heavy atom. The molecule has 2 saturated heterocycles. The van der Waals surface area contributed by atoms with Crippen LogP contribution in [0.15, 0.2) is 24.3 Å². The monoisotopic (exact) mass is 420 g/mol. The normalized spacial score (nSPS) is 29.7. The smallest absolute Gasteiger partial charge is 0.225 e. The highest BCUT2D eigenvalue weighted by Crippen LogP contribution is 2.42. The second-order valence-corrected chi connectivity index (χ2v) is 10.1. The van der Waals surface area contributed by atoms with Crippen LogP contribution in [-0.4, -0.2) is 59.1 Å². The lowest BCUT2D eigenvalue weighted by Gasteiger charge is -2.57. The molecule has 1 aromatic rings. The highest BCUT2D eigenvalue weighted by Gasteiger charge is 2.49. The molecule has 4 aliphatic rings. The lowest BCUT2D eigenvalue weighted by Crippen LogP contribution is -2.68. The fourth-order valence-corrected chi connectivity index (χ4v) is 6.10. The van der Waals surface area contributed by atoms with Crippen molar-refractivity contribution in [3.8, 4) is 11.8 Å². The zero-order chi connectivity index (χ0) is 21.2. The van der Waals surface area contributed by atoms with Crippen LogP contribution < -0.4 is 0 Å². The molecule has 0 radical (unpaired) electrons. The van der Waals surface area contributed by atoms with Gasteiger partial charge in [-0.05, 0) is 62.8 Å². The Balaban J connectivity index is 1.31. The number of benzene rings is 1. The number of nitrogens with zero attached hydrogens (tertiary/aromatic N) is 2. The number of aliphatic hydroxyl groups excluding tert-OH is 1. The van der Waals surface area contributed by atoms with Gasteiger partial charge in [-0.15, -0.1) is 0 Å². The molecule has 1 aromatic carbocycles. The van der Waals surface area contributed by atoms with Crippen molar-refractivity contribution in [1.29, 1.82) is 0 Å². The van der Waals surface area contributed by atoms with Crippen molar-refractivity contribution in [2.24, 2.45) is 11.8 Å². The van der Waals surface area contributed by atoms with Gasteiger partial charge < -0.3 is 10.0 Å². The van der Waals surface area contributed by atoms with Crippen molar-refractivity contribution in [3.63, 3.8) is 0 Å². The maximum Gasteiger partial charge on any atom is 0.225 e. The Kier molecular flexibility index (Phi) is 6.34. The molecule has 4 nitrogen and oxygen atoms in total. The van der Waals surface area contributed by atoms with E-state index in [1.807, 2.05) is 0 Å². The maximum atomic E-state index is 13.0. The van der Waals surface area contributed by atoms with Crippen LogP contribution in [0.1, 0.15) is 74.8 Å². The minimum Gasteiger partial charge on any atom is -0.395 e. The van der Waals surface area contributed by atoms with Crippen LogP contribution in [0.2, 0.25) is 0 Å². The van der Waals surface area contributed by atoms with Crippen molar-refractivity contribution in [1.82, 2.24) is 9.80 Å². The molecular weight excluding hydrogens is 384 g/mol. The van der Waals surface area contributed by atoms with Gasteiger partial charge in [0, 0.05) is 48.5 Å². The van der Waals surface area contributed by atoms with E-state index >= 15 is 0 Å². The van der Waals surface area contributed by atoms with Gasteiger partial charge in [0.25, 0.3) is 0 Å². The summed E-state index contributed by atoms with van der Waals surface area (Å²) in [7, 11) is 0. The standard InChI is InChI=1S/C27H36N2O2/c30-19-25-26(22-14-12-21(13-15-22)11-10-20-6-1-2-7-20)24-18-28(16-3-4-17-29(24)25)27(31)23-8-5-9-23/h12-15,20,23-26,30H,1-9,16-19H2/t24-,25-,26+/m1/s1. The molecule has 0 bridgehead atoms. The molecular formula is C27H36N2O2. The van der Waals surface area contributed by atoms with Gasteiger partial charge in [0.1, 0.15) is 0 Å². The van der Waals surface area contributed by atoms with Crippen LogP contribution in [0.25, 0.3) is 0 Å². The summed E-state index contributed by atoms with van der Waals surface area (Å²) in [6.45, 7) is 2.91. The zero-order valence-electron chi connectivity index (χ0n) is 18.6. The van der Waals surface area contributed by atoms with E-state index in [1.165, 1.54) is 37.7 Å². The van der Waals surface area contributed by atoms with Gasteiger partial charge in [-0.2, -0.15) is 0 Å². The fourth-order valence-electron chi connectivity index (χ4n) is 6.10. The summed E-state index contributed by atoms with van der Waals surface area (Å²) in [4.78, 5) is 17.6. The van der Waals surface area contributed by atoms with Gasteiger partial charge in [0.15, 0.2) is 0 Å². The highest BCUT2D eigenvalue weighted by molar-refractivity contribution is 5.79. The van der Waals surface area contributed by atoms with Crippen molar-refractivity contribution in [3.05, 3.63) is 35.4 Å². The van der Waals surface area contributed by atoms with E-state index in [2.05, 4.69) is 45.9 Å². The second-order valence-electron chi connectivity index (χ2n) is 10.1. The van der Waals surface area contributed by atoms with E-state index in [0.717, 1.165) is 50.9 Å². The zero-order valence-corrected chi connectivity index (χ0v) is 18.6. The van der Waals surface area contributed by atoms with Crippen LogP contribution in [0.4, 0.5) is 0 Å². The van der Waals surface area contributed by atoms with E-state index in [-0.39, 0.29) is 24.5 Å². The first kappa shape index (κ1) is 21.0. The van der Waals surface area contributed by atoms with Gasteiger partial charge in [0.2, 0.25) is 5.91 Å². The van der Waals surface area contributed by atoms with Crippen LogP contribution in [0.5, 0.6) is 0 Å². The first-order valence-corrected chi connectivity index (χ1v) is 12.5. The van der Waals surface area contributed by atoms with Gasteiger partial charge >= 0.3 is 0 Å². The first-order chi connectivity index (χ1) is 15.2. The highest BCUT2D eigenvalue weighted by atomic mass is 16.3. The number of hydrogen-bond acceptors (Lipinski definition) is 3. The molecule has 2 aliphatic carbocycles. The average molecular weight is 421 g/mol. The van der Waals surface area contributed by atoms with Crippen LogP contribution in [-0.2, 0) is 4.79 Å². The molecule has 5 rings (SSSR count). The molecule has 1 amide bonds. The summed E-state index contributed by atoms with van der Waals surface area (Å²) in [5.41, 5.74) is 2.37. The molecule has 1 N–H and O–H groups in total. The summed E-state index contributed by atoms with van der Waals surface area (Å²) in [5.74, 6) is 8.32. The summed E-state index contributed by atoms with van der Waals surface area (Å²) in [6, 6.07) is 9.19. The number of carbonyl (C=O) groups is 1. The lowest BCUT2D eigenvalue weighted by atomic mass is 9.74. The predicted molar refractivity (Wildman–Crippen MR) is 123 cm³/mol. The lowest BCUT2D eigenvalue weighted by molar-refractivity contribution is -0.143. The number of carbonyl (C=O) groups excluding carboxylic acids is 1. The van der Waals surface area contributed by atoms with Gasteiger partial charge in [-0.3, -0.25) is 9.69 Å². The Hall–Kier alpha value is -1.83. The van der Waals surface area contributed by atoms with E-state index in [4.69, 9.17) is 0 Å². The van der Waals surface area contributed by atoms with E-state index in [9.17, 15) is 9.90 Å². The topological polar surface area (TPSA) is 43.8 Å². The molecule has 0 unspecified atom stereocenters. The Morgan fingerprint density at radius 2 is 1.71 bits per heavy atom. The average Bonchev–Trinajstić information content (AvgIpc) is 3.24. The molecule has 0 aromatic heterocycles. The Labute approximate surface area is 187 Å². The third-order valence-corrected chi connectivity index (χ3v) is 8.21. The van der Waals surface area contributed by atoms with E-state index in [0.29, 0.717) is 17.9 Å². The molecule has 2 saturated carbocycles. The second kappa shape index (κ2) is 9.35. The minimum atomic E-state index is 0.166. The van der Waals surface area contributed by atoms with Gasteiger partial charge in [-0.25, -0.2) is 0 Å². The predicted octanol–water partition coefficient (Wildman–Crippen LogP) is 3.78. The third kappa shape index (κ3) is 4.28. The van der Waals surface area contributed by atoms with E-state index < -0.39 is 0 Å². The van der Waals surface area contributed by atoms with E-state index in [1.54, 1.807) is 0 Å². The number of amides is 1. The summed E-state index contributed by atoms with van der Waals surface area (Å²) < 4.78 is 0. The number of rotatable bonds is 3. The van der Waals surface area contributed by atoms with Crippen molar-refractivity contribution in [2.45, 2.75) is 75.8 Å². The molecule has 2 aliphatic heterocycles. The minimum absolute atomic E-state index is 0.166. The Bertz CT molecular complexity index is 829. The maximum absolute atomic E-state index is 13.0. The number of fused-ring (bicyclic) bond motifs is 1. The molecule has 3 atom stereocenters. The number of hydrogen-bond donors (Lipinski definition) is 1. The molecule has 0 spiro atoms. The van der Waals surface area contributed by atoms with Crippen LogP contribution in [0, 0.1) is 23.7 Å². The largest absolute Gasteiger partial charge is 0.395 e. The molecule has 31 heavy (non-hydrogen) atoms. The van der Waals surface area contributed by atoms with Gasteiger partial charge in [0.05, 0.1) is 6.61 Å². The first-order valence-electron chi connectivity index (χ1n) is 12.5. The number of aliphatic hydroxyl groups is 1. The van der Waals surface area contributed by atoms with Gasteiger partial charge in [-0.1, -0.05) is 43.2 Å². The quantitative estimate of drug-likeness (QED) is 0.757. The summed E-state index contributed by atoms with van der Waals surface area (Å²) in [5, 5.41) is 10.1. The molecule has 4 fully saturated rings. The van der Waals surface area contributed by atoms with Crippen LogP contribution in [0.3, 0.4) is 0 Å². The molecule has 2 heterocycles. The molecule has 4 heteroatoms. The van der Waals surface area contributed by atoms with Crippen LogP contribution >= 0.6 is 0 Å². The van der Waals surface area contributed by atoms with Crippen molar-refractivity contribution in [2.75, 3.05) is 26.2 Å².